The molecule has 5 heteroatoms. The number of carboxylic acids is 1. The van der Waals surface area contributed by atoms with Crippen molar-refractivity contribution in [1.82, 2.24) is 10.6 Å². The molecular formula is C14H24N2O3. The number of carbonyl (C=O) groups is 2. The summed E-state index contributed by atoms with van der Waals surface area (Å²) in [6.45, 7) is 4.94. The van der Waals surface area contributed by atoms with Crippen LogP contribution in [0.15, 0.2) is 0 Å². The van der Waals surface area contributed by atoms with Crippen LogP contribution in [0.1, 0.15) is 52.4 Å². The van der Waals surface area contributed by atoms with Gasteiger partial charge in [0.15, 0.2) is 0 Å². The minimum Gasteiger partial charge on any atom is -0.480 e. The summed E-state index contributed by atoms with van der Waals surface area (Å²) in [6.07, 6.45) is 4.86. The molecule has 1 atom stereocenters. The van der Waals surface area contributed by atoms with Gasteiger partial charge in [0.2, 0.25) is 5.91 Å². The van der Waals surface area contributed by atoms with Gasteiger partial charge in [0.05, 0.1) is 6.04 Å². The number of hydrogen-bond donors (Lipinski definition) is 3. The molecule has 1 aliphatic heterocycles. The molecule has 1 aliphatic carbocycles. The highest BCUT2D eigenvalue weighted by atomic mass is 16.4. The maximum atomic E-state index is 12.4. The van der Waals surface area contributed by atoms with E-state index in [9.17, 15) is 14.7 Å². The van der Waals surface area contributed by atoms with Crippen molar-refractivity contribution in [3.63, 3.8) is 0 Å². The van der Waals surface area contributed by atoms with Crippen molar-refractivity contribution in [2.75, 3.05) is 6.54 Å². The van der Waals surface area contributed by atoms with E-state index in [0.29, 0.717) is 12.8 Å². The predicted octanol–water partition coefficient (Wildman–Crippen LogP) is 1.28. The van der Waals surface area contributed by atoms with Crippen molar-refractivity contribution in [1.29, 1.82) is 0 Å². The highest BCUT2D eigenvalue weighted by molar-refractivity contribution is 5.90. The number of piperidine rings is 1. The lowest BCUT2D eigenvalue weighted by atomic mass is 9.77. The number of rotatable bonds is 3. The average Bonchev–Trinajstić information content (AvgIpc) is 2.78. The maximum absolute atomic E-state index is 12.4. The third-order valence-corrected chi connectivity index (χ3v) is 4.62. The summed E-state index contributed by atoms with van der Waals surface area (Å²) in [6, 6.07) is -0.293. The van der Waals surface area contributed by atoms with E-state index in [4.69, 9.17) is 0 Å². The Morgan fingerprint density at radius 2 is 1.79 bits per heavy atom. The third kappa shape index (κ3) is 2.76. The molecule has 0 radical (unpaired) electrons. The summed E-state index contributed by atoms with van der Waals surface area (Å²) in [7, 11) is 0. The van der Waals surface area contributed by atoms with E-state index in [1.165, 1.54) is 0 Å². The number of carboxylic acid groups (broad SMARTS) is 1. The molecule has 2 fully saturated rings. The van der Waals surface area contributed by atoms with Crippen LogP contribution >= 0.6 is 0 Å². The van der Waals surface area contributed by atoms with Gasteiger partial charge in [0, 0.05) is 0 Å². The molecule has 0 aromatic rings. The van der Waals surface area contributed by atoms with E-state index in [1.54, 1.807) is 0 Å². The molecule has 2 aliphatic rings. The van der Waals surface area contributed by atoms with Crippen LogP contribution < -0.4 is 10.6 Å². The normalized spacial score (nSPS) is 28.8. The van der Waals surface area contributed by atoms with E-state index < -0.39 is 11.5 Å². The van der Waals surface area contributed by atoms with Crippen LogP contribution in [0.2, 0.25) is 0 Å². The second-order valence-corrected chi connectivity index (χ2v) is 6.56. The van der Waals surface area contributed by atoms with Gasteiger partial charge in [-0.3, -0.25) is 4.79 Å². The van der Waals surface area contributed by atoms with Crippen molar-refractivity contribution in [2.24, 2.45) is 5.41 Å². The number of hydrogen-bond acceptors (Lipinski definition) is 3. The Kier molecular flexibility index (Phi) is 3.85. The number of nitrogens with one attached hydrogen (secondary N) is 2. The Labute approximate surface area is 114 Å². The highest BCUT2D eigenvalue weighted by Gasteiger charge is 2.46. The molecule has 0 spiro atoms. The lowest BCUT2D eigenvalue weighted by Crippen LogP contribution is -2.62. The monoisotopic (exact) mass is 268 g/mol. The van der Waals surface area contributed by atoms with Crippen LogP contribution in [0.25, 0.3) is 0 Å². The fraction of sp³-hybridized carbons (Fsp3) is 0.857. The van der Waals surface area contributed by atoms with Gasteiger partial charge in [-0.1, -0.05) is 26.7 Å². The average molecular weight is 268 g/mol. The minimum atomic E-state index is -1.04. The molecule has 1 saturated heterocycles. The second-order valence-electron chi connectivity index (χ2n) is 6.56. The highest BCUT2D eigenvalue weighted by Crippen LogP contribution is 2.33. The fourth-order valence-corrected chi connectivity index (χ4v) is 3.34. The quantitative estimate of drug-likeness (QED) is 0.720. The lowest BCUT2D eigenvalue weighted by molar-refractivity contribution is -0.148. The van der Waals surface area contributed by atoms with Gasteiger partial charge < -0.3 is 15.7 Å². The van der Waals surface area contributed by atoms with E-state index in [2.05, 4.69) is 24.5 Å². The van der Waals surface area contributed by atoms with Crippen molar-refractivity contribution < 1.29 is 14.7 Å². The van der Waals surface area contributed by atoms with Gasteiger partial charge in [0.25, 0.3) is 0 Å². The topological polar surface area (TPSA) is 78.4 Å². The predicted molar refractivity (Wildman–Crippen MR) is 71.8 cm³/mol. The lowest BCUT2D eigenvalue weighted by Gasteiger charge is -2.40. The number of amides is 1. The van der Waals surface area contributed by atoms with Crippen molar-refractivity contribution >= 4 is 11.9 Å². The molecule has 0 bridgehead atoms. The smallest absolute Gasteiger partial charge is 0.329 e. The van der Waals surface area contributed by atoms with Gasteiger partial charge in [-0.2, -0.15) is 0 Å². The summed E-state index contributed by atoms with van der Waals surface area (Å²) in [5.74, 6) is -1.05. The van der Waals surface area contributed by atoms with Crippen molar-refractivity contribution in [3.05, 3.63) is 0 Å². The largest absolute Gasteiger partial charge is 0.480 e. The standard InChI is InChI=1S/C14H24N2O3/c1-13(2)6-5-9-15-10(13)11(17)16-14(12(18)19)7-3-4-8-14/h10,15H,3-9H2,1-2H3,(H,16,17)(H,18,19). The van der Waals surface area contributed by atoms with Crippen LogP contribution in [-0.2, 0) is 9.59 Å². The zero-order valence-corrected chi connectivity index (χ0v) is 11.8. The SMILES string of the molecule is CC1(C)CCCNC1C(=O)NC1(C(=O)O)CCCC1. The van der Waals surface area contributed by atoms with Gasteiger partial charge in [0.1, 0.15) is 5.54 Å². The third-order valence-electron chi connectivity index (χ3n) is 4.62. The molecule has 0 aromatic carbocycles. The number of aliphatic carboxylic acids is 1. The van der Waals surface area contributed by atoms with Crippen LogP contribution in [0.5, 0.6) is 0 Å². The van der Waals surface area contributed by atoms with Gasteiger partial charge in [-0.15, -0.1) is 0 Å². The minimum absolute atomic E-state index is 0.124. The first-order valence-electron chi connectivity index (χ1n) is 7.16. The molecule has 1 saturated carbocycles. The zero-order valence-electron chi connectivity index (χ0n) is 11.8. The van der Waals surface area contributed by atoms with Gasteiger partial charge >= 0.3 is 5.97 Å². The summed E-state index contributed by atoms with van der Waals surface area (Å²) < 4.78 is 0. The van der Waals surface area contributed by atoms with Crippen molar-refractivity contribution in [3.8, 4) is 0 Å². The Morgan fingerprint density at radius 3 is 2.32 bits per heavy atom. The fourth-order valence-electron chi connectivity index (χ4n) is 3.34. The molecule has 5 nitrogen and oxygen atoms in total. The summed E-state index contributed by atoms with van der Waals surface area (Å²) in [4.78, 5) is 23.9. The number of carbonyl (C=O) groups excluding carboxylic acids is 1. The van der Waals surface area contributed by atoms with Crippen LogP contribution in [0.3, 0.4) is 0 Å². The Hall–Kier alpha value is -1.10. The molecule has 1 amide bonds. The molecule has 2 rings (SSSR count). The summed E-state index contributed by atoms with van der Waals surface area (Å²) in [5, 5.41) is 15.5. The second kappa shape index (κ2) is 5.12. The first-order valence-corrected chi connectivity index (χ1v) is 7.16. The van der Waals surface area contributed by atoms with Gasteiger partial charge in [-0.25, -0.2) is 4.79 Å². The maximum Gasteiger partial charge on any atom is 0.329 e. The Balaban J connectivity index is 2.09. The Morgan fingerprint density at radius 1 is 1.16 bits per heavy atom. The van der Waals surface area contributed by atoms with E-state index in [1.807, 2.05) is 0 Å². The van der Waals surface area contributed by atoms with Gasteiger partial charge in [-0.05, 0) is 37.6 Å². The molecule has 1 unspecified atom stereocenters. The van der Waals surface area contributed by atoms with Crippen LogP contribution in [0.4, 0.5) is 0 Å². The first-order chi connectivity index (χ1) is 8.87. The van der Waals surface area contributed by atoms with Crippen LogP contribution in [-0.4, -0.2) is 35.1 Å². The van der Waals surface area contributed by atoms with E-state index in [0.717, 1.165) is 32.2 Å². The van der Waals surface area contributed by atoms with Crippen LogP contribution in [0, 0.1) is 5.41 Å². The molecule has 3 N–H and O–H groups in total. The molecule has 19 heavy (non-hydrogen) atoms. The summed E-state index contributed by atoms with van der Waals surface area (Å²) >= 11 is 0. The summed E-state index contributed by atoms with van der Waals surface area (Å²) in [5.41, 5.74) is -1.16. The van der Waals surface area contributed by atoms with Crippen molar-refractivity contribution in [2.45, 2.75) is 64.0 Å². The van der Waals surface area contributed by atoms with E-state index >= 15 is 0 Å². The molecule has 1 heterocycles. The Bertz CT molecular complexity index is 373. The molecular weight excluding hydrogens is 244 g/mol. The molecule has 108 valence electrons. The zero-order chi connectivity index (χ0) is 14.1. The van der Waals surface area contributed by atoms with E-state index in [-0.39, 0.29) is 17.4 Å². The molecule has 0 aromatic heterocycles. The first kappa shape index (κ1) is 14.3.